The number of nitrogens with zero attached hydrogens (tertiary/aromatic N) is 2. The number of anilines is 3. The van der Waals surface area contributed by atoms with Crippen molar-refractivity contribution in [2.75, 3.05) is 4.90 Å². The first-order valence-corrected chi connectivity index (χ1v) is 22.2. The van der Waals surface area contributed by atoms with Crippen LogP contribution in [-0.2, 0) is 23.3 Å². The van der Waals surface area contributed by atoms with E-state index in [0.29, 0.717) is 0 Å². The van der Waals surface area contributed by atoms with Gasteiger partial charge in [0.25, 0.3) is 6.71 Å². The fraction of sp³-hybridized carbons (Fsp3) is 0.263. The zero-order chi connectivity index (χ0) is 43.6. The average molecular weight is 813 g/mol. The number of ether oxygens (including phenoxy) is 2. The Morgan fingerprint density at radius 1 is 0.516 bits per heavy atom. The minimum Gasteiger partial charge on any atom is -0.458 e. The van der Waals surface area contributed by atoms with Crippen molar-refractivity contribution in [3.8, 4) is 34.1 Å². The minimum absolute atomic E-state index is 0.0231. The van der Waals surface area contributed by atoms with Gasteiger partial charge in [0, 0.05) is 40.2 Å². The molecule has 2 aliphatic heterocycles. The first kappa shape index (κ1) is 39.9. The summed E-state index contributed by atoms with van der Waals surface area (Å²) in [5, 5.41) is 2.35. The van der Waals surface area contributed by atoms with E-state index in [4.69, 9.17) is 9.47 Å². The molecule has 7 aromatic carbocycles. The van der Waals surface area contributed by atoms with Crippen LogP contribution in [0.3, 0.4) is 0 Å². The van der Waals surface area contributed by atoms with Gasteiger partial charge in [0.15, 0.2) is 0 Å². The van der Waals surface area contributed by atoms with Crippen LogP contribution in [0.25, 0.3) is 32.9 Å². The molecular formula is C57H57BN2O2. The predicted molar refractivity (Wildman–Crippen MR) is 264 cm³/mol. The first-order chi connectivity index (χ1) is 29.3. The molecule has 0 bridgehead atoms. The summed E-state index contributed by atoms with van der Waals surface area (Å²) < 4.78 is 16.8. The van der Waals surface area contributed by atoms with Crippen LogP contribution in [0.4, 0.5) is 17.1 Å². The molecule has 3 heterocycles. The van der Waals surface area contributed by atoms with Crippen molar-refractivity contribution in [1.29, 1.82) is 0 Å². The highest BCUT2D eigenvalue weighted by atomic mass is 16.5. The van der Waals surface area contributed by atoms with Crippen molar-refractivity contribution in [1.82, 2.24) is 4.57 Å². The van der Waals surface area contributed by atoms with E-state index in [1.807, 2.05) is 0 Å². The van der Waals surface area contributed by atoms with Gasteiger partial charge in [0.1, 0.15) is 23.0 Å². The fourth-order valence-corrected chi connectivity index (χ4v) is 9.89. The lowest BCUT2D eigenvalue weighted by Gasteiger charge is -2.36. The van der Waals surface area contributed by atoms with E-state index in [9.17, 15) is 0 Å². The summed E-state index contributed by atoms with van der Waals surface area (Å²) in [5.41, 5.74) is 17.5. The molecule has 5 heteroatoms. The summed E-state index contributed by atoms with van der Waals surface area (Å²) in [6.07, 6.45) is 0. The summed E-state index contributed by atoms with van der Waals surface area (Å²) in [4.78, 5) is 2.47. The van der Waals surface area contributed by atoms with Crippen LogP contribution in [0, 0.1) is 13.8 Å². The van der Waals surface area contributed by atoms with Gasteiger partial charge in [0.05, 0.1) is 11.2 Å². The van der Waals surface area contributed by atoms with Crippen LogP contribution in [-0.4, -0.2) is 11.3 Å². The highest BCUT2D eigenvalue weighted by Crippen LogP contribution is 2.49. The van der Waals surface area contributed by atoms with E-state index in [0.717, 1.165) is 84.0 Å². The second kappa shape index (κ2) is 13.9. The van der Waals surface area contributed by atoms with Crippen LogP contribution in [0.2, 0.25) is 0 Å². The molecule has 0 fully saturated rings. The van der Waals surface area contributed by atoms with Crippen LogP contribution in [0.1, 0.15) is 90.1 Å². The molecule has 0 atom stereocenters. The number of fused-ring (bicyclic) bond motifs is 8. The smallest absolute Gasteiger partial charge is 0.260 e. The Hall–Kier alpha value is -6.20. The Morgan fingerprint density at radius 2 is 1.05 bits per heavy atom. The molecule has 8 aromatic rings. The normalized spacial score (nSPS) is 13.4. The monoisotopic (exact) mass is 812 g/mol. The zero-order valence-corrected chi connectivity index (χ0v) is 38.4. The van der Waals surface area contributed by atoms with Crippen molar-refractivity contribution in [3.05, 3.63) is 155 Å². The molecule has 0 amide bonds. The van der Waals surface area contributed by atoms with Gasteiger partial charge in [-0.25, -0.2) is 0 Å². The number of hydrogen-bond acceptors (Lipinski definition) is 3. The van der Waals surface area contributed by atoms with E-state index >= 15 is 0 Å². The highest BCUT2D eigenvalue weighted by Gasteiger charge is 2.43. The summed E-state index contributed by atoms with van der Waals surface area (Å²) in [6, 6.07) is 47.6. The standard InChI is InChI=1S/C57H57BN2O2/c1-34-27-35(2)29-36(28-34)37-30-49-52-50(31-37)62-54-45(58(52)44-32-40(57(9,10)11)21-26-48(44)61-49)33-47(51-43-15-13-14-16-46(43)59(12)53(51)54)60(41-22-17-38(18-23-41)55(3,4)5)42-24-19-39(20-25-42)56(6,7)8/h13-33H,1-12H3. The molecule has 0 unspecified atom stereocenters. The third-order valence-electron chi connectivity index (χ3n) is 13.2. The lowest BCUT2D eigenvalue weighted by atomic mass is 9.34. The third-order valence-corrected chi connectivity index (χ3v) is 13.2. The molecule has 0 radical (unpaired) electrons. The Bertz CT molecular complexity index is 3020. The second-order valence-electron chi connectivity index (χ2n) is 20.9. The molecule has 310 valence electrons. The molecule has 0 N–H and O–H groups in total. The van der Waals surface area contributed by atoms with Gasteiger partial charge < -0.3 is 18.9 Å². The Kier molecular flexibility index (Phi) is 8.95. The molecule has 0 saturated carbocycles. The topological polar surface area (TPSA) is 26.6 Å². The number of rotatable bonds is 4. The number of hydrogen-bond donors (Lipinski definition) is 0. The van der Waals surface area contributed by atoms with E-state index in [1.54, 1.807) is 0 Å². The molecule has 62 heavy (non-hydrogen) atoms. The number of benzene rings is 7. The first-order valence-electron chi connectivity index (χ1n) is 22.2. The van der Waals surface area contributed by atoms with Gasteiger partial charge in [0.2, 0.25) is 0 Å². The Balaban J connectivity index is 1.31. The van der Waals surface area contributed by atoms with E-state index in [2.05, 4.69) is 220 Å². The molecule has 2 aliphatic rings. The minimum atomic E-state index is -0.141. The van der Waals surface area contributed by atoms with Crippen molar-refractivity contribution in [2.45, 2.75) is 92.4 Å². The summed E-state index contributed by atoms with van der Waals surface area (Å²) in [6.45, 7) is 24.7. The van der Waals surface area contributed by atoms with E-state index in [-0.39, 0.29) is 23.0 Å². The predicted octanol–water partition coefficient (Wildman–Crippen LogP) is 13.7. The second-order valence-corrected chi connectivity index (χ2v) is 20.9. The van der Waals surface area contributed by atoms with Crippen molar-refractivity contribution >= 4 is 62.0 Å². The van der Waals surface area contributed by atoms with Crippen molar-refractivity contribution in [2.24, 2.45) is 7.05 Å². The maximum atomic E-state index is 7.42. The average Bonchev–Trinajstić information content (AvgIpc) is 3.52. The summed E-state index contributed by atoms with van der Waals surface area (Å²) >= 11 is 0. The molecule has 10 rings (SSSR count). The number of para-hydroxylation sites is 1. The fourth-order valence-electron chi connectivity index (χ4n) is 9.89. The highest BCUT2D eigenvalue weighted by molar-refractivity contribution is 6.98. The van der Waals surface area contributed by atoms with Gasteiger partial charge in [-0.05, 0) is 123 Å². The van der Waals surface area contributed by atoms with Crippen molar-refractivity contribution < 1.29 is 9.47 Å². The Labute approximate surface area is 368 Å². The lowest BCUT2D eigenvalue weighted by Crippen LogP contribution is -2.57. The van der Waals surface area contributed by atoms with E-state index in [1.165, 1.54) is 33.2 Å². The van der Waals surface area contributed by atoms with Crippen LogP contribution in [0.5, 0.6) is 23.0 Å². The van der Waals surface area contributed by atoms with Gasteiger partial charge in [-0.3, -0.25) is 0 Å². The summed E-state index contributed by atoms with van der Waals surface area (Å²) in [5.74, 6) is 3.46. The van der Waals surface area contributed by atoms with Gasteiger partial charge in [-0.1, -0.05) is 146 Å². The van der Waals surface area contributed by atoms with Crippen LogP contribution >= 0.6 is 0 Å². The van der Waals surface area contributed by atoms with Crippen molar-refractivity contribution in [3.63, 3.8) is 0 Å². The van der Waals surface area contributed by atoms with Crippen LogP contribution < -0.4 is 30.8 Å². The third kappa shape index (κ3) is 6.51. The van der Waals surface area contributed by atoms with Crippen LogP contribution in [0.15, 0.2) is 127 Å². The largest absolute Gasteiger partial charge is 0.458 e. The lowest BCUT2D eigenvalue weighted by molar-refractivity contribution is 0.466. The molecule has 1 aromatic heterocycles. The maximum absolute atomic E-state index is 7.42. The Morgan fingerprint density at radius 3 is 1.63 bits per heavy atom. The zero-order valence-electron chi connectivity index (χ0n) is 38.4. The summed E-state index contributed by atoms with van der Waals surface area (Å²) in [7, 11) is 2.20. The molecule has 0 spiro atoms. The van der Waals surface area contributed by atoms with Gasteiger partial charge in [-0.15, -0.1) is 0 Å². The SMILES string of the molecule is Cc1cc(C)cc(-c2cc3c4c(c2)Oc2c(cc(N(c5ccc(C(C)(C)C)cc5)c5ccc(C(C)(C)C)cc5)c5c6ccccc6n(C)c25)B4c2cc(C(C)(C)C)ccc2O3)c1. The molecular weight excluding hydrogens is 755 g/mol. The van der Waals surface area contributed by atoms with E-state index < -0.39 is 0 Å². The maximum Gasteiger partial charge on any atom is 0.260 e. The number of aromatic nitrogens is 1. The quantitative estimate of drug-likeness (QED) is 0.166. The van der Waals surface area contributed by atoms with Gasteiger partial charge in [-0.2, -0.15) is 0 Å². The molecule has 0 saturated heterocycles. The number of aryl methyl sites for hydroxylation is 3. The molecule has 0 aliphatic carbocycles. The molecule has 4 nitrogen and oxygen atoms in total. The van der Waals surface area contributed by atoms with Gasteiger partial charge >= 0.3 is 0 Å².